The summed E-state index contributed by atoms with van der Waals surface area (Å²) in [6.45, 7) is 0.130. The highest BCUT2D eigenvalue weighted by Gasteiger charge is 2.09. The molecule has 0 spiro atoms. The predicted octanol–water partition coefficient (Wildman–Crippen LogP) is 2.29. The van der Waals surface area contributed by atoms with Crippen molar-refractivity contribution in [1.82, 2.24) is 10.1 Å². The Morgan fingerprint density at radius 1 is 1.16 bits per heavy atom. The molecule has 0 saturated carbocycles. The van der Waals surface area contributed by atoms with Crippen molar-refractivity contribution in [3.63, 3.8) is 0 Å². The lowest BCUT2D eigenvalue weighted by molar-refractivity contribution is 0.254. The van der Waals surface area contributed by atoms with Gasteiger partial charge in [0.1, 0.15) is 5.75 Å². The van der Waals surface area contributed by atoms with Crippen molar-refractivity contribution in [1.29, 1.82) is 0 Å². The Hall–Kier alpha value is -2.40. The van der Waals surface area contributed by atoms with Crippen molar-refractivity contribution >= 4 is 10.8 Å². The second-order valence-corrected chi connectivity index (χ2v) is 4.06. The van der Waals surface area contributed by atoms with Crippen LogP contribution in [-0.2, 0) is 13.2 Å². The lowest BCUT2D eigenvalue weighted by Gasteiger charge is -2.11. The van der Waals surface area contributed by atoms with Crippen LogP contribution in [0.1, 0.15) is 11.4 Å². The fraction of sp³-hybridized carbons (Fsp3) is 0.143. The highest BCUT2D eigenvalue weighted by Crippen LogP contribution is 2.28. The number of hydrogen-bond acceptors (Lipinski definition) is 5. The lowest BCUT2D eigenvalue weighted by Crippen LogP contribution is -2.00. The first-order valence-electron chi connectivity index (χ1n) is 5.88. The van der Waals surface area contributed by atoms with E-state index in [1.54, 1.807) is 0 Å². The Bertz CT molecular complexity index is 680. The summed E-state index contributed by atoms with van der Waals surface area (Å²) in [6, 6.07) is 11.7. The van der Waals surface area contributed by atoms with Crippen molar-refractivity contribution < 1.29 is 14.4 Å². The van der Waals surface area contributed by atoms with Gasteiger partial charge in [0.2, 0.25) is 12.2 Å². The maximum atomic E-state index is 9.54. The van der Waals surface area contributed by atoms with Crippen LogP contribution in [0.4, 0.5) is 0 Å². The highest BCUT2D eigenvalue weighted by molar-refractivity contribution is 5.87. The van der Waals surface area contributed by atoms with Gasteiger partial charge in [-0.2, -0.15) is 4.98 Å². The maximum absolute atomic E-state index is 9.54. The summed E-state index contributed by atoms with van der Waals surface area (Å²) in [5.41, 5.74) is 0.765. The van der Waals surface area contributed by atoms with Crippen molar-refractivity contribution in [2.24, 2.45) is 0 Å². The SMILES string of the molecule is OCc1c(OCc2ncon2)ccc2ccccc12. The molecule has 19 heavy (non-hydrogen) atoms. The van der Waals surface area contributed by atoms with E-state index in [0.717, 1.165) is 16.3 Å². The van der Waals surface area contributed by atoms with E-state index in [9.17, 15) is 5.11 Å². The molecule has 3 aromatic rings. The van der Waals surface area contributed by atoms with Crippen molar-refractivity contribution in [2.45, 2.75) is 13.2 Å². The van der Waals surface area contributed by atoms with Gasteiger partial charge in [0.25, 0.3) is 0 Å². The molecular weight excluding hydrogens is 244 g/mol. The molecule has 0 aliphatic heterocycles. The third-order valence-corrected chi connectivity index (χ3v) is 2.92. The monoisotopic (exact) mass is 256 g/mol. The number of hydrogen-bond donors (Lipinski definition) is 1. The van der Waals surface area contributed by atoms with Crippen LogP contribution in [0.5, 0.6) is 5.75 Å². The molecular formula is C14H12N2O3. The Labute approximate surface area is 109 Å². The number of ether oxygens (including phenoxy) is 1. The molecule has 0 fully saturated rings. The molecule has 1 aromatic heterocycles. The van der Waals surface area contributed by atoms with Crippen molar-refractivity contribution in [3.8, 4) is 5.75 Å². The topological polar surface area (TPSA) is 68.4 Å². The molecule has 0 amide bonds. The van der Waals surface area contributed by atoms with E-state index in [4.69, 9.17) is 4.74 Å². The van der Waals surface area contributed by atoms with Gasteiger partial charge in [-0.3, -0.25) is 0 Å². The molecule has 0 radical (unpaired) electrons. The molecule has 1 N–H and O–H groups in total. The largest absolute Gasteiger partial charge is 0.485 e. The zero-order valence-corrected chi connectivity index (χ0v) is 10.1. The molecule has 5 heteroatoms. The molecule has 96 valence electrons. The van der Waals surface area contributed by atoms with Crippen LogP contribution in [-0.4, -0.2) is 15.2 Å². The lowest BCUT2D eigenvalue weighted by atomic mass is 10.0. The first-order chi connectivity index (χ1) is 9.38. The van der Waals surface area contributed by atoms with E-state index in [1.165, 1.54) is 6.39 Å². The van der Waals surface area contributed by atoms with Crippen LogP contribution in [0.2, 0.25) is 0 Å². The van der Waals surface area contributed by atoms with Crippen LogP contribution in [0, 0.1) is 0 Å². The third kappa shape index (κ3) is 2.28. The first-order valence-corrected chi connectivity index (χ1v) is 5.88. The van der Waals surface area contributed by atoms with Crippen LogP contribution in [0.15, 0.2) is 47.3 Å². The fourth-order valence-electron chi connectivity index (χ4n) is 2.01. The second kappa shape index (κ2) is 5.07. The number of rotatable bonds is 4. The molecule has 3 rings (SSSR count). The summed E-state index contributed by atoms with van der Waals surface area (Å²) in [4.78, 5) is 3.88. The van der Waals surface area contributed by atoms with E-state index in [2.05, 4.69) is 14.7 Å². The zero-order chi connectivity index (χ0) is 13.1. The van der Waals surface area contributed by atoms with Crippen molar-refractivity contribution in [2.75, 3.05) is 0 Å². The molecule has 0 aliphatic rings. The summed E-state index contributed by atoms with van der Waals surface area (Å²) in [6.07, 6.45) is 1.26. The summed E-state index contributed by atoms with van der Waals surface area (Å²) >= 11 is 0. The van der Waals surface area contributed by atoms with Crippen LogP contribution < -0.4 is 4.74 Å². The van der Waals surface area contributed by atoms with Crippen molar-refractivity contribution in [3.05, 3.63) is 54.2 Å². The zero-order valence-electron chi connectivity index (χ0n) is 10.1. The molecule has 2 aromatic carbocycles. The Morgan fingerprint density at radius 2 is 2.05 bits per heavy atom. The predicted molar refractivity (Wildman–Crippen MR) is 68.5 cm³/mol. The van der Waals surface area contributed by atoms with Crippen LogP contribution in [0.25, 0.3) is 10.8 Å². The van der Waals surface area contributed by atoms with Gasteiger partial charge >= 0.3 is 0 Å². The summed E-state index contributed by atoms with van der Waals surface area (Å²) in [7, 11) is 0. The van der Waals surface area contributed by atoms with Gasteiger partial charge in [-0.15, -0.1) is 0 Å². The Balaban J connectivity index is 1.94. The highest BCUT2D eigenvalue weighted by atomic mass is 16.5. The number of fused-ring (bicyclic) bond motifs is 1. The summed E-state index contributed by atoms with van der Waals surface area (Å²) in [5, 5.41) is 15.3. The third-order valence-electron chi connectivity index (χ3n) is 2.92. The minimum atomic E-state index is -0.0804. The number of benzene rings is 2. The van der Waals surface area contributed by atoms with Gasteiger partial charge in [0.05, 0.1) is 6.61 Å². The molecule has 0 aliphatic carbocycles. The number of aliphatic hydroxyl groups is 1. The Kier molecular flexibility index (Phi) is 3.12. The molecule has 0 saturated heterocycles. The molecule has 0 bridgehead atoms. The molecule has 5 nitrogen and oxygen atoms in total. The maximum Gasteiger partial charge on any atom is 0.213 e. The van der Waals surface area contributed by atoms with Gasteiger partial charge in [-0.1, -0.05) is 35.5 Å². The Morgan fingerprint density at radius 3 is 2.84 bits per heavy atom. The molecule has 0 atom stereocenters. The van der Waals surface area contributed by atoms with E-state index in [-0.39, 0.29) is 13.2 Å². The number of aromatic nitrogens is 2. The minimum Gasteiger partial charge on any atom is -0.485 e. The van der Waals surface area contributed by atoms with E-state index in [1.807, 2.05) is 36.4 Å². The average molecular weight is 256 g/mol. The van der Waals surface area contributed by atoms with Gasteiger partial charge in [-0.25, -0.2) is 0 Å². The minimum absolute atomic E-state index is 0.0804. The fourth-order valence-corrected chi connectivity index (χ4v) is 2.01. The van der Waals surface area contributed by atoms with E-state index < -0.39 is 0 Å². The molecule has 1 heterocycles. The van der Waals surface area contributed by atoms with E-state index in [0.29, 0.717) is 11.6 Å². The van der Waals surface area contributed by atoms with Crippen LogP contribution >= 0.6 is 0 Å². The van der Waals surface area contributed by atoms with Gasteiger partial charge < -0.3 is 14.4 Å². The summed E-state index contributed by atoms with van der Waals surface area (Å²) in [5.74, 6) is 1.10. The van der Waals surface area contributed by atoms with Gasteiger partial charge in [-0.05, 0) is 16.8 Å². The van der Waals surface area contributed by atoms with E-state index >= 15 is 0 Å². The standard InChI is InChI=1S/C14H12N2O3/c17-7-12-11-4-2-1-3-10(11)5-6-13(12)18-8-14-15-9-19-16-14/h1-6,9,17H,7-8H2. The summed E-state index contributed by atoms with van der Waals surface area (Å²) < 4.78 is 10.3. The molecule has 0 unspecified atom stereocenters. The first kappa shape index (κ1) is 11.7. The second-order valence-electron chi connectivity index (χ2n) is 4.06. The normalized spacial score (nSPS) is 10.8. The number of nitrogens with zero attached hydrogens (tertiary/aromatic N) is 2. The average Bonchev–Trinajstić information content (AvgIpc) is 2.97. The smallest absolute Gasteiger partial charge is 0.213 e. The van der Waals surface area contributed by atoms with Gasteiger partial charge in [0.15, 0.2) is 6.61 Å². The van der Waals surface area contributed by atoms with Crippen LogP contribution in [0.3, 0.4) is 0 Å². The quantitative estimate of drug-likeness (QED) is 0.775. The number of aliphatic hydroxyl groups excluding tert-OH is 1. The van der Waals surface area contributed by atoms with Gasteiger partial charge in [0, 0.05) is 5.56 Å².